The number of amides is 1. The van der Waals surface area contributed by atoms with Crippen molar-refractivity contribution in [2.75, 3.05) is 25.5 Å². The van der Waals surface area contributed by atoms with Crippen molar-refractivity contribution < 1.29 is 14.6 Å². The lowest BCUT2D eigenvalue weighted by Crippen LogP contribution is -2.48. The van der Waals surface area contributed by atoms with E-state index >= 15 is 0 Å². The Morgan fingerprint density at radius 1 is 1.45 bits per heavy atom. The minimum Gasteiger partial charge on any atom is -0.495 e. The van der Waals surface area contributed by atoms with E-state index in [1.54, 1.807) is 21.0 Å². The van der Waals surface area contributed by atoms with Crippen molar-refractivity contribution in [2.24, 2.45) is 0 Å². The summed E-state index contributed by atoms with van der Waals surface area (Å²) >= 11 is 0. The first-order chi connectivity index (χ1) is 10.2. The number of rotatable bonds is 7. The number of hydrogen-bond acceptors (Lipinski definition) is 4. The largest absolute Gasteiger partial charge is 0.495 e. The van der Waals surface area contributed by atoms with Gasteiger partial charge in [0.25, 0.3) is 0 Å². The van der Waals surface area contributed by atoms with Gasteiger partial charge >= 0.3 is 0 Å². The standard InChI is InChI=1S/C17H28N2O3/c1-7-19(11-17(4,5)21)13(3)16(20)18-14-10-12(2)8-9-15(14)22-6/h8-10,13,21H,7,11H2,1-6H3,(H,18,20). The molecule has 0 saturated heterocycles. The van der Waals surface area contributed by atoms with Gasteiger partial charge in [-0.25, -0.2) is 0 Å². The van der Waals surface area contributed by atoms with E-state index in [4.69, 9.17) is 4.74 Å². The van der Waals surface area contributed by atoms with E-state index in [-0.39, 0.29) is 11.9 Å². The van der Waals surface area contributed by atoms with E-state index in [0.29, 0.717) is 24.5 Å². The fourth-order valence-electron chi connectivity index (χ4n) is 2.34. The Morgan fingerprint density at radius 2 is 2.09 bits per heavy atom. The third-order valence-electron chi connectivity index (χ3n) is 3.54. The smallest absolute Gasteiger partial charge is 0.241 e. The van der Waals surface area contributed by atoms with Gasteiger partial charge < -0.3 is 15.2 Å². The van der Waals surface area contributed by atoms with Crippen molar-refractivity contribution in [1.29, 1.82) is 0 Å². The first-order valence-electron chi connectivity index (χ1n) is 7.60. The molecule has 1 rings (SSSR count). The molecule has 1 unspecified atom stereocenters. The molecule has 5 heteroatoms. The molecule has 0 fully saturated rings. The van der Waals surface area contributed by atoms with E-state index in [1.807, 2.05) is 43.9 Å². The number of hydrogen-bond donors (Lipinski definition) is 2. The predicted molar refractivity (Wildman–Crippen MR) is 89.4 cm³/mol. The number of methoxy groups -OCH3 is 1. The number of anilines is 1. The Balaban J connectivity index is 2.85. The number of benzene rings is 1. The van der Waals surface area contributed by atoms with Crippen molar-refractivity contribution in [3.8, 4) is 5.75 Å². The van der Waals surface area contributed by atoms with Crippen LogP contribution in [0.25, 0.3) is 0 Å². The van der Waals surface area contributed by atoms with Gasteiger partial charge in [-0.3, -0.25) is 9.69 Å². The van der Waals surface area contributed by atoms with Crippen LogP contribution in [-0.4, -0.2) is 47.8 Å². The fourth-order valence-corrected chi connectivity index (χ4v) is 2.34. The Bertz CT molecular complexity index is 509. The van der Waals surface area contributed by atoms with Crippen LogP contribution in [0.2, 0.25) is 0 Å². The van der Waals surface area contributed by atoms with E-state index in [0.717, 1.165) is 5.56 Å². The van der Waals surface area contributed by atoms with Crippen molar-refractivity contribution in [3.63, 3.8) is 0 Å². The summed E-state index contributed by atoms with van der Waals surface area (Å²) in [7, 11) is 1.58. The molecule has 1 aromatic carbocycles. The summed E-state index contributed by atoms with van der Waals surface area (Å²) in [4.78, 5) is 14.4. The van der Waals surface area contributed by atoms with Gasteiger partial charge in [-0.2, -0.15) is 0 Å². The minimum absolute atomic E-state index is 0.116. The lowest BCUT2D eigenvalue weighted by Gasteiger charge is -2.32. The number of ether oxygens (including phenoxy) is 1. The average Bonchev–Trinajstić information content (AvgIpc) is 2.43. The fraction of sp³-hybridized carbons (Fsp3) is 0.588. The maximum Gasteiger partial charge on any atom is 0.241 e. The van der Waals surface area contributed by atoms with Crippen LogP contribution in [0.15, 0.2) is 18.2 Å². The number of carbonyl (C=O) groups excluding carboxylic acids is 1. The highest BCUT2D eigenvalue weighted by Crippen LogP contribution is 2.25. The van der Waals surface area contributed by atoms with Crippen molar-refractivity contribution in [3.05, 3.63) is 23.8 Å². The van der Waals surface area contributed by atoms with Crippen molar-refractivity contribution in [1.82, 2.24) is 4.90 Å². The Kier molecular flexibility index (Phi) is 6.38. The van der Waals surface area contributed by atoms with Gasteiger partial charge in [0.05, 0.1) is 24.4 Å². The maximum absolute atomic E-state index is 12.5. The highest BCUT2D eigenvalue weighted by Gasteiger charge is 2.26. The molecule has 0 spiro atoms. The minimum atomic E-state index is -0.842. The molecular weight excluding hydrogens is 280 g/mol. The van der Waals surface area contributed by atoms with Crippen LogP contribution in [0.4, 0.5) is 5.69 Å². The zero-order valence-electron chi connectivity index (χ0n) is 14.4. The SMILES string of the molecule is CCN(CC(C)(C)O)C(C)C(=O)Nc1cc(C)ccc1OC. The topological polar surface area (TPSA) is 61.8 Å². The third-order valence-corrected chi connectivity index (χ3v) is 3.54. The zero-order valence-corrected chi connectivity index (χ0v) is 14.4. The van der Waals surface area contributed by atoms with Gasteiger partial charge in [0.15, 0.2) is 0 Å². The monoisotopic (exact) mass is 308 g/mol. The summed E-state index contributed by atoms with van der Waals surface area (Å²) in [6.07, 6.45) is 0. The lowest BCUT2D eigenvalue weighted by molar-refractivity contribution is -0.121. The summed E-state index contributed by atoms with van der Waals surface area (Å²) in [5.74, 6) is 0.520. The highest BCUT2D eigenvalue weighted by atomic mass is 16.5. The van der Waals surface area contributed by atoms with Gasteiger partial charge in [-0.15, -0.1) is 0 Å². The molecule has 0 aromatic heterocycles. The molecule has 124 valence electrons. The predicted octanol–water partition coefficient (Wildman–Crippen LogP) is 2.42. The number of likely N-dealkylation sites (N-methyl/N-ethyl adjacent to an activating group) is 1. The molecule has 0 radical (unpaired) electrons. The molecule has 0 heterocycles. The van der Waals surface area contributed by atoms with Crippen molar-refractivity contribution in [2.45, 2.75) is 46.3 Å². The Hall–Kier alpha value is -1.59. The molecule has 2 N–H and O–H groups in total. The Labute approximate surface area is 133 Å². The Morgan fingerprint density at radius 3 is 2.59 bits per heavy atom. The molecule has 0 aliphatic carbocycles. The van der Waals surface area contributed by atoms with Crippen LogP contribution in [0.1, 0.15) is 33.3 Å². The molecule has 0 bridgehead atoms. The molecule has 5 nitrogen and oxygen atoms in total. The summed E-state index contributed by atoms with van der Waals surface area (Å²) in [5.41, 5.74) is 0.872. The second-order valence-electron chi connectivity index (χ2n) is 6.24. The lowest BCUT2D eigenvalue weighted by atomic mass is 10.1. The molecule has 1 aromatic rings. The number of aryl methyl sites for hydroxylation is 1. The van der Waals surface area contributed by atoms with Gasteiger partial charge in [-0.05, 0) is 51.9 Å². The quantitative estimate of drug-likeness (QED) is 0.812. The van der Waals surface area contributed by atoms with Gasteiger partial charge in [0.2, 0.25) is 5.91 Å². The highest BCUT2D eigenvalue weighted by molar-refractivity contribution is 5.95. The van der Waals surface area contributed by atoms with E-state index < -0.39 is 5.60 Å². The number of carbonyl (C=O) groups is 1. The summed E-state index contributed by atoms with van der Waals surface area (Å²) < 4.78 is 5.28. The molecule has 0 aliphatic heterocycles. The van der Waals surface area contributed by atoms with Crippen molar-refractivity contribution >= 4 is 11.6 Å². The van der Waals surface area contributed by atoms with Crippen LogP contribution in [0.5, 0.6) is 5.75 Å². The molecule has 0 aliphatic rings. The molecule has 1 atom stereocenters. The van der Waals surface area contributed by atoms with Gasteiger partial charge in [0, 0.05) is 6.54 Å². The van der Waals surface area contributed by atoms with Crippen LogP contribution in [0, 0.1) is 6.92 Å². The van der Waals surface area contributed by atoms with Crippen LogP contribution >= 0.6 is 0 Å². The van der Waals surface area contributed by atoms with E-state index in [9.17, 15) is 9.90 Å². The maximum atomic E-state index is 12.5. The third kappa shape index (κ3) is 5.31. The second-order valence-corrected chi connectivity index (χ2v) is 6.24. The summed E-state index contributed by atoms with van der Waals surface area (Å²) in [6, 6.07) is 5.31. The molecule has 0 saturated carbocycles. The van der Waals surface area contributed by atoms with Crippen LogP contribution in [-0.2, 0) is 4.79 Å². The summed E-state index contributed by atoms with van der Waals surface area (Å²) in [6.45, 7) is 10.4. The van der Waals surface area contributed by atoms with E-state index in [2.05, 4.69) is 5.32 Å². The van der Waals surface area contributed by atoms with Crippen LogP contribution in [0.3, 0.4) is 0 Å². The summed E-state index contributed by atoms with van der Waals surface area (Å²) in [5, 5.41) is 12.9. The van der Waals surface area contributed by atoms with Gasteiger partial charge in [0.1, 0.15) is 5.75 Å². The average molecular weight is 308 g/mol. The zero-order chi connectivity index (χ0) is 16.9. The first-order valence-corrected chi connectivity index (χ1v) is 7.60. The number of nitrogens with one attached hydrogen (secondary N) is 1. The van der Waals surface area contributed by atoms with Crippen LogP contribution < -0.4 is 10.1 Å². The first kappa shape index (κ1) is 18.5. The van der Waals surface area contributed by atoms with Gasteiger partial charge in [-0.1, -0.05) is 13.0 Å². The normalized spacial score (nSPS) is 13.1. The second kappa shape index (κ2) is 7.61. The van der Waals surface area contributed by atoms with E-state index in [1.165, 1.54) is 0 Å². The molecule has 1 amide bonds. The molecule has 22 heavy (non-hydrogen) atoms. The number of nitrogens with zero attached hydrogens (tertiary/aromatic N) is 1. The molecular formula is C17H28N2O3. The number of aliphatic hydroxyl groups is 1.